The summed E-state index contributed by atoms with van der Waals surface area (Å²) in [6.07, 6.45) is -7.40. The van der Waals surface area contributed by atoms with E-state index >= 15 is 0 Å². The second-order valence-corrected chi connectivity index (χ2v) is 7.99. The van der Waals surface area contributed by atoms with Crippen LogP contribution in [0, 0.1) is 11.8 Å². The van der Waals surface area contributed by atoms with E-state index in [1.165, 1.54) is 24.4 Å². The predicted molar refractivity (Wildman–Crippen MR) is 108 cm³/mol. The average Bonchev–Trinajstić information content (AvgIpc) is 3.18. The van der Waals surface area contributed by atoms with Gasteiger partial charge < -0.3 is 15.4 Å². The number of nitrogens with one attached hydrogen (secondary N) is 2. The molecule has 1 saturated heterocycles. The number of aromatic nitrogens is 4. The molecule has 2 atom stereocenters. The van der Waals surface area contributed by atoms with Gasteiger partial charge in [0.15, 0.2) is 5.82 Å². The minimum absolute atomic E-state index is 0.000817. The van der Waals surface area contributed by atoms with Crippen molar-refractivity contribution >= 4 is 17.3 Å². The van der Waals surface area contributed by atoms with Crippen LogP contribution in [-0.4, -0.2) is 39.2 Å². The van der Waals surface area contributed by atoms with Gasteiger partial charge in [-0.1, -0.05) is 6.07 Å². The topological polar surface area (TPSA) is 84.9 Å². The van der Waals surface area contributed by atoms with Gasteiger partial charge in [-0.15, -0.1) is 0 Å². The minimum atomic E-state index is -4.66. The normalized spacial score (nSPS) is 21.8. The van der Waals surface area contributed by atoms with Gasteiger partial charge in [0.2, 0.25) is 0 Å². The monoisotopic (exact) mass is 482 g/mol. The quantitative estimate of drug-likeness (QED) is 0.507. The molecule has 4 heterocycles. The van der Waals surface area contributed by atoms with E-state index in [0.29, 0.717) is 37.1 Å². The number of anilines is 3. The molecule has 1 aliphatic carbocycles. The van der Waals surface area contributed by atoms with E-state index in [9.17, 15) is 26.3 Å². The summed E-state index contributed by atoms with van der Waals surface area (Å²) in [5.74, 6) is 0.838. The highest BCUT2D eigenvalue weighted by molar-refractivity contribution is 5.64. The molecular weight excluding hydrogens is 466 g/mol. The fraction of sp³-hybridized carbons (Fsp3) is 0.333. The van der Waals surface area contributed by atoms with Gasteiger partial charge in [0.05, 0.1) is 30.7 Å². The molecule has 0 amide bonds. The molecule has 5 rings (SSSR count). The van der Waals surface area contributed by atoms with Gasteiger partial charge >= 0.3 is 12.4 Å². The molecule has 1 aliphatic heterocycles. The van der Waals surface area contributed by atoms with Crippen LogP contribution in [0.2, 0.25) is 0 Å². The van der Waals surface area contributed by atoms with Crippen LogP contribution in [0.5, 0.6) is 0 Å². The summed E-state index contributed by atoms with van der Waals surface area (Å²) < 4.78 is 83.9. The molecule has 1 saturated carbocycles. The van der Waals surface area contributed by atoms with Crippen molar-refractivity contribution in [2.75, 3.05) is 23.8 Å². The van der Waals surface area contributed by atoms with Crippen molar-refractivity contribution in [1.29, 1.82) is 0 Å². The van der Waals surface area contributed by atoms with Gasteiger partial charge in [-0.2, -0.15) is 26.3 Å². The largest absolute Gasteiger partial charge is 0.433 e. The maximum absolute atomic E-state index is 13.1. The van der Waals surface area contributed by atoms with E-state index < -0.39 is 23.6 Å². The number of alkyl halides is 6. The fourth-order valence-electron chi connectivity index (χ4n) is 3.85. The van der Waals surface area contributed by atoms with Crippen LogP contribution in [0.3, 0.4) is 0 Å². The first kappa shape index (κ1) is 22.3. The van der Waals surface area contributed by atoms with Gasteiger partial charge in [0, 0.05) is 30.1 Å². The summed E-state index contributed by atoms with van der Waals surface area (Å²) in [4.78, 5) is 15.7. The van der Waals surface area contributed by atoms with Gasteiger partial charge in [0.1, 0.15) is 23.0 Å². The molecule has 3 aromatic rings. The molecular formula is C21H16F6N6O. The van der Waals surface area contributed by atoms with Crippen molar-refractivity contribution < 1.29 is 31.1 Å². The predicted octanol–water partition coefficient (Wildman–Crippen LogP) is 4.77. The van der Waals surface area contributed by atoms with Crippen LogP contribution in [0.25, 0.3) is 11.5 Å². The molecule has 13 heteroatoms. The number of ether oxygens (including phenoxy) is 1. The third-order valence-electron chi connectivity index (χ3n) is 5.60. The SMILES string of the molecule is FC(F)(F)c1cncc(Nc2cc(NC3C4COCC43)nc(-c3cccc(C(F)(F)F)n3)n2)c1. The molecule has 0 radical (unpaired) electrons. The molecule has 2 fully saturated rings. The number of rotatable bonds is 5. The lowest BCUT2D eigenvalue weighted by atomic mass is 10.2. The van der Waals surface area contributed by atoms with Gasteiger partial charge in [-0.05, 0) is 18.2 Å². The van der Waals surface area contributed by atoms with Crippen molar-refractivity contribution in [3.63, 3.8) is 0 Å². The Morgan fingerprint density at radius 1 is 0.853 bits per heavy atom. The van der Waals surface area contributed by atoms with Crippen LogP contribution >= 0.6 is 0 Å². The Kier molecular flexibility index (Phi) is 5.30. The Bertz CT molecular complexity index is 1210. The standard InChI is InChI=1S/C21H16F6N6O/c22-20(23,24)10-4-11(7-28-6-10)29-16-5-17(31-18-12-8-34-9-13(12)18)33-19(32-16)14-2-1-3-15(30-14)21(25,26)27/h1-7,12-13,18H,8-9H2,(H2,29,31,32,33). The molecule has 178 valence electrons. The number of halogens is 6. The smallest absolute Gasteiger partial charge is 0.381 e. The number of fused-ring (bicyclic) bond motifs is 1. The number of hydrogen-bond acceptors (Lipinski definition) is 7. The Labute approximate surface area is 188 Å². The molecule has 0 spiro atoms. The zero-order valence-corrected chi connectivity index (χ0v) is 17.2. The summed E-state index contributed by atoms with van der Waals surface area (Å²) in [6, 6.07) is 5.73. The third kappa shape index (κ3) is 4.60. The summed E-state index contributed by atoms with van der Waals surface area (Å²) in [5, 5.41) is 5.95. The van der Waals surface area contributed by atoms with Crippen LogP contribution in [0.1, 0.15) is 11.3 Å². The second-order valence-electron chi connectivity index (χ2n) is 7.99. The maximum atomic E-state index is 13.1. The Balaban J connectivity index is 1.49. The average molecular weight is 482 g/mol. The van der Waals surface area contributed by atoms with E-state index in [1.54, 1.807) is 0 Å². The number of nitrogens with zero attached hydrogens (tertiary/aromatic N) is 4. The van der Waals surface area contributed by atoms with Crippen molar-refractivity contribution in [1.82, 2.24) is 19.9 Å². The van der Waals surface area contributed by atoms with Gasteiger partial charge in [0.25, 0.3) is 0 Å². The first-order valence-corrected chi connectivity index (χ1v) is 10.2. The third-order valence-corrected chi connectivity index (χ3v) is 5.60. The lowest BCUT2D eigenvalue weighted by molar-refractivity contribution is -0.141. The molecule has 7 nitrogen and oxygen atoms in total. The van der Waals surface area contributed by atoms with E-state index in [-0.39, 0.29) is 29.1 Å². The fourth-order valence-corrected chi connectivity index (χ4v) is 3.85. The highest BCUT2D eigenvalue weighted by Crippen LogP contribution is 2.46. The Hall–Kier alpha value is -3.48. The zero-order valence-electron chi connectivity index (χ0n) is 17.2. The van der Waals surface area contributed by atoms with Gasteiger partial charge in [-0.25, -0.2) is 15.0 Å². The van der Waals surface area contributed by atoms with Crippen molar-refractivity contribution in [3.05, 3.63) is 54.0 Å². The summed E-state index contributed by atoms with van der Waals surface area (Å²) in [7, 11) is 0. The van der Waals surface area contributed by atoms with Crippen LogP contribution in [0.15, 0.2) is 42.7 Å². The van der Waals surface area contributed by atoms with E-state index in [1.807, 2.05) is 0 Å². The zero-order chi connectivity index (χ0) is 24.1. The summed E-state index contributed by atoms with van der Waals surface area (Å²) in [6.45, 7) is 1.19. The van der Waals surface area contributed by atoms with Crippen LogP contribution in [-0.2, 0) is 17.1 Å². The van der Waals surface area contributed by atoms with Crippen molar-refractivity contribution in [2.24, 2.45) is 11.8 Å². The lowest BCUT2D eigenvalue weighted by Gasteiger charge is -2.14. The van der Waals surface area contributed by atoms with E-state index in [4.69, 9.17) is 4.74 Å². The van der Waals surface area contributed by atoms with E-state index in [2.05, 4.69) is 30.6 Å². The van der Waals surface area contributed by atoms with E-state index in [0.717, 1.165) is 12.1 Å². The highest BCUT2D eigenvalue weighted by Gasteiger charge is 2.54. The molecule has 0 bridgehead atoms. The highest BCUT2D eigenvalue weighted by atomic mass is 19.4. The van der Waals surface area contributed by atoms with Crippen molar-refractivity contribution in [3.8, 4) is 11.5 Å². The summed E-state index contributed by atoms with van der Waals surface area (Å²) in [5.41, 5.74) is -2.21. The van der Waals surface area contributed by atoms with Crippen molar-refractivity contribution in [2.45, 2.75) is 18.4 Å². The lowest BCUT2D eigenvalue weighted by Crippen LogP contribution is -2.15. The molecule has 34 heavy (non-hydrogen) atoms. The van der Waals surface area contributed by atoms with Crippen LogP contribution in [0.4, 0.5) is 43.7 Å². The molecule has 2 N–H and O–H groups in total. The first-order chi connectivity index (χ1) is 16.1. The minimum Gasteiger partial charge on any atom is -0.381 e. The Morgan fingerprint density at radius 3 is 2.29 bits per heavy atom. The summed E-state index contributed by atoms with van der Waals surface area (Å²) >= 11 is 0. The molecule has 2 unspecified atom stereocenters. The molecule has 0 aromatic carbocycles. The molecule has 3 aromatic heterocycles. The molecule has 2 aliphatic rings. The Morgan fingerprint density at radius 2 is 1.59 bits per heavy atom. The first-order valence-electron chi connectivity index (χ1n) is 10.2. The number of pyridine rings is 2. The maximum Gasteiger partial charge on any atom is 0.433 e. The number of hydrogen-bond donors (Lipinski definition) is 2. The second kappa shape index (κ2) is 8.08. The van der Waals surface area contributed by atoms with Gasteiger partial charge in [-0.3, -0.25) is 4.98 Å². The van der Waals surface area contributed by atoms with Crippen LogP contribution < -0.4 is 10.6 Å².